The zero-order chi connectivity index (χ0) is 19.9. The lowest BCUT2D eigenvalue weighted by Gasteiger charge is -2.31. The lowest BCUT2D eigenvalue weighted by Crippen LogP contribution is -2.48. The number of hydrogen-bond donors (Lipinski definition) is 2. The average molecular weight is 385 g/mol. The Balaban J connectivity index is 1.48. The Kier molecular flexibility index (Phi) is 6.76. The van der Waals surface area contributed by atoms with Gasteiger partial charge in [0.1, 0.15) is 6.54 Å². The maximum absolute atomic E-state index is 12.5. The number of para-hydroxylation sites is 1. The molecule has 8 heteroatoms. The molecule has 0 unspecified atom stereocenters. The molecule has 0 atom stereocenters. The molecule has 0 radical (unpaired) electrons. The van der Waals surface area contributed by atoms with Crippen LogP contribution in [0.2, 0.25) is 0 Å². The van der Waals surface area contributed by atoms with Gasteiger partial charge in [-0.25, -0.2) is 4.98 Å². The van der Waals surface area contributed by atoms with E-state index in [4.69, 9.17) is 0 Å². The molecule has 28 heavy (non-hydrogen) atoms. The van der Waals surface area contributed by atoms with Crippen molar-refractivity contribution in [1.82, 2.24) is 25.1 Å². The van der Waals surface area contributed by atoms with Crippen molar-refractivity contribution in [3.8, 4) is 0 Å². The number of nitrogens with one attached hydrogen (secondary N) is 2. The van der Waals surface area contributed by atoms with E-state index in [1.807, 2.05) is 13.0 Å². The SMILES string of the molecule is CCCNC(=O)CN1CCC(NC(=O)Cn2cnc3ccccc3c2=O)CC1. The number of amides is 2. The second-order valence-electron chi connectivity index (χ2n) is 7.16. The van der Waals surface area contributed by atoms with Gasteiger partial charge in [0.05, 0.1) is 23.8 Å². The first-order valence-electron chi connectivity index (χ1n) is 9.79. The highest BCUT2D eigenvalue weighted by Gasteiger charge is 2.22. The normalized spacial score (nSPS) is 15.5. The van der Waals surface area contributed by atoms with E-state index in [-0.39, 0.29) is 30.0 Å². The molecule has 1 aliphatic heterocycles. The van der Waals surface area contributed by atoms with E-state index in [9.17, 15) is 14.4 Å². The van der Waals surface area contributed by atoms with Crippen LogP contribution in [0.5, 0.6) is 0 Å². The van der Waals surface area contributed by atoms with E-state index in [1.165, 1.54) is 10.9 Å². The second-order valence-corrected chi connectivity index (χ2v) is 7.16. The third-order valence-corrected chi connectivity index (χ3v) is 4.94. The van der Waals surface area contributed by atoms with Crippen LogP contribution in [0.25, 0.3) is 10.9 Å². The Morgan fingerprint density at radius 2 is 1.89 bits per heavy atom. The molecule has 3 rings (SSSR count). The molecule has 1 aromatic heterocycles. The lowest BCUT2D eigenvalue weighted by atomic mass is 10.0. The first-order valence-corrected chi connectivity index (χ1v) is 9.79. The quantitative estimate of drug-likeness (QED) is 0.724. The van der Waals surface area contributed by atoms with Gasteiger partial charge in [0.2, 0.25) is 11.8 Å². The summed E-state index contributed by atoms with van der Waals surface area (Å²) in [5, 5.41) is 6.38. The molecule has 0 saturated carbocycles. The van der Waals surface area contributed by atoms with Gasteiger partial charge in [-0.15, -0.1) is 0 Å². The molecule has 2 heterocycles. The summed E-state index contributed by atoms with van der Waals surface area (Å²) in [7, 11) is 0. The van der Waals surface area contributed by atoms with Crippen LogP contribution in [0, 0.1) is 0 Å². The minimum absolute atomic E-state index is 0.0453. The lowest BCUT2D eigenvalue weighted by molar-refractivity contribution is -0.124. The average Bonchev–Trinajstić information content (AvgIpc) is 2.70. The van der Waals surface area contributed by atoms with E-state index in [1.54, 1.807) is 18.2 Å². The number of aromatic nitrogens is 2. The van der Waals surface area contributed by atoms with Gasteiger partial charge >= 0.3 is 0 Å². The van der Waals surface area contributed by atoms with E-state index in [0.29, 0.717) is 24.0 Å². The Bertz CT molecular complexity index is 887. The Hall–Kier alpha value is -2.74. The molecule has 0 aliphatic carbocycles. The number of fused-ring (bicyclic) bond motifs is 1. The molecule has 1 saturated heterocycles. The molecule has 2 aromatic rings. The fourth-order valence-corrected chi connectivity index (χ4v) is 3.41. The molecule has 8 nitrogen and oxygen atoms in total. The summed E-state index contributed by atoms with van der Waals surface area (Å²) in [4.78, 5) is 43.0. The summed E-state index contributed by atoms with van der Waals surface area (Å²) < 4.78 is 1.34. The summed E-state index contributed by atoms with van der Waals surface area (Å²) >= 11 is 0. The van der Waals surface area contributed by atoms with E-state index < -0.39 is 0 Å². The molecular weight excluding hydrogens is 358 g/mol. The van der Waals surface area contributed by atoms with Crippen molar-refractivity contribution in [1.29, 1.82) is 0 Å². The van der Waals surface area contributed by atoms with Crippen LogP contribution in [0.4, 0.5) is 0 Å². The summed E-state index contributed by atoms with van der Waals surface area (Å²) in [5.41, 5.74) is 0.410. The number of carbonyl (C=O) groups is 2. The number of carbonyl (C=O) groups excluding carboxylic acids is 2. The molecule has 2 N–H and O–H groups in total. The van der Waals surface area contributed by atoms with Crippen LogP contribution < -0.4 is 16.2 Å². The number of likely N-dealkylation sites (tertiary alicyclic amines) is 1. The van der Waals surface area contributed by atoms with Gasteiger partial charge in [-0.2, -0.15) is 0 Å². The monoisotopic (exact) mass is 385 g/mol. The van der Waals surface area contributed by atoms with Gasteiger partial charge in [0, 0.05) is 25.7 Å². The smallest absolute Gasteiger partial charge is 0.261 e. The third-order valence-electron chi connectivity index (χ3n) is 4.94. The predicted octanol–water partition coefficient (Wildman–Crippen LogP) is 0.503. The van der Waals surface area contributed by atoms with Gasteiger partial charge in [-0.05, 0) is 31.4 Å². The van der Waals surface area contributed by atoms with Crippen molar-refractivity contribution in [2.75, 3.05) is 26.2 Å². The van der Waals surface area contributed by atoms with Crippen molar-refractivity contribution in [2.45, 2.75) is 38.8 Å². The highest BCUT2D eigenvalue weighted by molar-refractivity contribution is 5.79. The summed E-state index contributed by atoms with van der Waals surface area (Å²) in [6.45, 7) is 4.62. The molecule has 1 aliphatic rings. The van der Waals surface area contributed by atoms with Crippen molar-refractivity contribution in [2.24, 2.45) is 0 Å². The zero-order valence-corrected chi connectivity index (χ0v) is 16.2. The van der Waals surface area contributed by atoms with Crippen molar-refractivity contribution >= 4 is 22.7 Å². The molecule has 150 valence electrons. The summed E-state index contributed by atoms with van der Waals surface area (Å²) in [5.74, 6) is -0.147. The maximum Gasteiger partial charge on any atom is 0.261 e. The van der Waals surface area contributed by atoms with Crippen molar-refractivity contribution in [3.63, 3.8) is 0 Å². The van der Waals surface area contributed by atoms with Crippen LogP contribution >= 0.6 is 0 Å². The Morgan fingerprint density at radius 3 is 2.64 bits per heavy atom. The standard InChI is InChI=1S/C20H27N5O3/c1-2-9-21-18(26)12-24-10-7-15(8-11-24)23-19(27)13-25-14-22-17-6-4-3-5-16(17)20(25)28/h3-6,14-15H,2,7-13H2,1H3,(H,21,26)(H,23,27). The van der Waals surface area contributed by atoms with Crippen LogP contribution in [0.1, 0.15) is 26.2 Å². The number of benzene rings is 1. The Labute approximate surface area is 163 Å². The van der Waals surface area contributed by atoms with Crippen LogP contribution in [0.15, 0.2) is 35.4 Å². The topological polar surface area (TPSA) is 96.3 Å². The number of piperidine rings is 1. The van der Waals surface area contributed by atoms with Crippen LogP contribution in [-0.4, -0.2) is 58.5 Å². The first-order chi connectivity index (χ1) is 13.6. The second kappa shape index (κ2) is 9.45. The number of hydrogen-bond acceptors (Lipinski definition) is 5. The molecular formula is C20H27N5O3. The predicted molar refractivity (Wildman–Crippen MR) is 107 cm³/mol. The fraction of sp³-hybridized carbons (Fsp3) is 0.500. The molecule has 0 bridgehead atoms. The van der Waals surface area contributed by atoms with Gasteiger partial charge in [0.15, 0.2) is 0 Å². The summed E-state index contributed by atoms with van der Waals surface area (Å²) in [6.07, 6.45) is 3.92. The largest absolute Gasteiger partial charge is 0.355 e. The van der Waals surface area contributed by atoms with Gasteiger partial charge in [-0.3, -0.25) is 23.9 Å². The molecule has 1 aromatic carbocycles. The minimum atomic E-state index is -0.214. The fourth-order valence-electron chi connectivity index (χ4n) is 3.41. The highest BCUT2D eigenvalue weighted by Crippen LogP contribution is 2.10. The van der Waals surface area contributed by atoms with Gasteiger partial charge < -0.3 is 10.6 Å². The van der Waals surface area contributed by atoms with Crippen molar-refractivity contribution in [3.05, 3.63) is 40.9 Å². The number of rotatable bonds is 7. The van der Waals surface area contributed by atoms with Gasteiger partial charge in [0.25, 0.3) is 5.56 Å². The van der Waals surface area contributed by atoms with Crippen LogP contribution in [-0.2, 0) is 16.1 Å². The number of nitrogens with zero attached hydrogens (tertiary/aromatic N) is 3. The maximum atomic E-state index is 12.5. The van der Waals surface area contributed by atoms with Crippen LogP contribution in [0.3, 0.4) is 0 Å². The zero-order valence-electron chi connectivity index (χ0n) is 16.2. The van der Waals surface area contributed by atoms with Crippen molar-refractivity contribution < 1.29 is 9.59 Å². The van der Waals surface area contributed by atoms with E-state index in [0.717, 1.165) is 32.4 Å². The molecule has 0 spiro atoms. The summed E-state index contributed by atoms with van der Waals surface area (Å²) in [6, 6.07) is 7.16. The van der Waals surface area contributed by atoms with E-state index >= 15 is 0 Å². The minimum Gasteiger partial charge on any atom is -0.355 e. The highest BCUT2D eigenvalue weighted by atomic mass is 16.2. The molecule has 1 fully saturated rings. The first kappa shape index (κ1) is 20.0. The third kappa shape index (κ3) is 5.16. The van der Waals surface area contributed by atoms with Gasteiger partial charge in [-0.1, -0.05) is 19.1 Å². The Morgan fingerprint density at radius 1 is 1.14 bits per heavy atom. The van der Waals surface area contributed by atoms with E-state index in [2.05, 4.69) is 20.5 Å². The molecule has 2 amide bonds.